The molecule has 1 saturated heterocycles. The van der Waals surface area contributed by atoms with Crippen molar-refractivity contribution in [2.45, 2.75) is 25.8 Å². The van der Waals surface area contributed by atoms with Crippen LogP contribution in [0.5, 0.6) is 0 Å². The van der Waals surface area contributed by atoms with Gasteiger partial charge in [0.1, 0.15) is 11.6 Å². The summed E-state index contributed by atoms with van der Waals surface area (Å²) in [5.74, 6) is 2.25. The largest absolute Gasteiger partial charge is 0.381 e. The van der Waals surface area contributed by atoms with Crippen molar-refractivity contribution in [3.63, 3.8) is 0 Å². The van der Waals surface area contributed by atoms with E-state index in [0.29, 0.717) is 5.92 Å². The maximum Gasteiger partial charge on any atom is 0.132 e. The van der Waals surface area contributed by atoms with Gasteiger partial charge >= 0.3 is 0 Å². The molecule has 1 aromatic heterocycles. The number of aromatic nitrogens is 2. The molecule has 0 unspecified atom stereocenters. The van der Waals surface area contributed by atoms with E-state index in [1.54, 1.807) is 0 Å². The molecular weight excluding hydrogens is 312 g/mol. The van der Waals surface area contributed by atoms with Gasteiger partial charge < -0.3 is 14.5 Å². The van der Waals surface area contributed by atoms with Crippen molar-refractivity contribution in [2.75, 3.05) is 45.3 Å². The molecule has 1 aromatic carbocycles. The van der Waals surface area contributed by atoms with Gasteiger partial charge in [-0.3, -0.25) is 0 Å². The van der Waals surface area contributed by atoms with Crippen LogP contribution < -0.4 is 4.90 Å². The topological polar surface area (TPSA) is 41.5 Å². The van der Waals surface area contributed by atoms with E-state index in [1.807, 2.05) is 6.92 Å². The van der Waals surface area contributed by atoms with Crippen LogP contribution in [0.2, 0.25) is 0 Å². The van der Waals surface area contributed by atoms with Crippen molar-refractivity contribution < 1.29 is 4.74 Å². The van der Waals surface area contributed by atoms with Crippen molar-refractivity contribution in [1.82, 2.24) is 14.9 Å². The zero-order chi connectivity index (χ0) is 17.6. The SMILES string of the molecule is Cc1nc([C@@H]2CCOC2)cc(N(CCN(C)C)Cc2ccccc2)n1. The van der Waals surface area contributed by atoms with Crippen LogP contribution in [0.15, 0.2) is 36.4 Å². The summed E-state index contributed by atoms with van der Waals surface area (Å²) in [4.78, 5) is 14.0. The summed E-state index contributed by atoms with van der Waals surface area (Å²) in [6.07, 6.45) is 1.05. The van der Waals surface area contributed by atoms with E-state index >= 15 is 0 Å². The molecule has 5 nitrogen and oxygen atoms in total. The van der Waals surface area contributed by atoms with Crippen LogP contribution >= 0.6 is 0 Å². The van der Waals surface area contributed by atoms with Crippen LogP contribution in [0.25, 0.3) is 0 Å². The fourth-order valence-corrected chi connectivity index (χ4v) is 3.11. The number of nitrogens with zero attached hydrogens (tertiary/aromatic N) is 4. The smallest absolute Gasteiger partial charge is 0.132 e. The van der Waals surface area contributed by atoms with Gasteiger partial charge in [-0.15, -0.1) is 0 Å². The molecule has 5 heteroatoms. The summed E-state index contributed by atoms with van der Waals surface area (Å²) in [6.45, 7) is 6.35. The molecule has 0 saturated carbocycles. The Morgan fingerprint density at radius 3 is 2.60 bits per heavy atom. The second kappa shape index (κ2) is 8.41. The van der Waals surface area contributed by atoms with Crippen molar-refractivity contribution in [3.8, 4) is 0 Å². The Hall–Kier alpha value is -1.98. The molecule has 0 N–H and O–H groups in total. The van der Waals surface area contributed by atoms with Crippen LogP contribution in [0.3, 0.4) is 0 Å². The van der Waals surface area contributed by atoms with Gasteiger partial charge in [0.05, 0.1) is 12.3 Å². The van der Waals surface area contributed by atoms with Crippen LogP contribution in [-0.4, -0.2) is 55.3 Å². The lowest BCUT2D eigenvalue weighted by Crippen LogP contribution is -2.32. The number of anilines is 1. The number of hydrogen-bond acceptors (Lipinski definition) is 5. The van der Waals surface area contributed by atoms with Gasteiger partial charge in [0.15, 0.2) is 0 Å². The Morgan fingerprint density at radius 1 is 1.12 bits per heavy atom. The summed E-state index contributed by atoms with van der Waals surface area (Å²) in [7, 11) is 4.21. The number of likely N-dealkylation sites (N-methyl/N-ethyl adjacent to an activating group) is 1. The molecule has 0 aliphatic carbocycles. The maximum absolute atomic E-state index is 5.55. The van der Waals surface area contributed by atoms with Crippen LogP contribution in [-0.2, 0) is 11.3 Å². The molecule has 2 heterocycles. The molecule has 0 radical (unpaired) electrons. The van der Waals surface area contributed by atoms with Crippen LogP contribution in [0.4, 0.5) is 5.82 Å². The molecule has 0 bridgehead atoms. The summed E-state index contributed by atoms with van der Waals surface area (Å²) >= 11 is 0. The Balaban J connectivity index is 1.85. The van der Waals surface area contributed by atoms with Gasteiger partial charge in [0, 0.05) is 38.2 Å². The normalized spacial score (nSPS) is 17.2. The number of hydrogen-bond donors (Lipinski definition) is 0. The number of benzene rings is 1. The van der Waals surface area contributed by atoms with Crippen molar-refractivity contribution in [1.29, 1.82) is 0 Å². The lowest BCUT2D eigenvalue weighted by molar-refractivity contribution is 0.193. The molecule has 1 aliphatic rings. The second-order valence-corrected chi connectivity index (χ2v) is 6.97. The van der Waals surface area contributed by atoms with E-state index in [2.05, 4.69) is 65.3 Å². The molecule has 1 fully saturated rings. The summed E-state index contributed by atoms with van der Waals surface area (Å²) in [6, 6.07) is 12.7. The zero-order valence-corrected chi connectivity index (χ0v) is 15.5. The Bertz CT molecular complexity index is 669. The maximum atomic E-state index is 5.55. The highest BCUT2D eigenvalue weighted by molar-refractivity contribution is 5.42. The quantitative estimate of drug-likeness (QED) is 0.775. The second-order valence-electron chi connectivity index (χ2n) is 6.97. The number of rotatable bonds is 7. The van der Waals surface area contributed by atoms with E-state index < -0.39 is 0 Å². The minimum Gasteiger partial charge on any atom is -0.381 e. The summed E-state index contributed by atoms with van der Waals surface area (Å²) < 4.78 is 5.55. The van der Waals surface area contributed by atoms with E-state index in [4.69, 9.17) is 9.72 Å². The lowest BCUT2D eigenvalue weighted by atomic mass is 10.0. The van der Waals surface area contributed by atoms with Gasteiger partial charge in [0.2, 0.25) is 0 Å². The van der Waals surface area contributed by atoms with Gasteiger partial charge in [-0.25, -0.2) is 9.97 Å². The van der Waals surface area contributed by atoms with Crippen molar-refractivity contribution in [2.24, 2.45) is 0 Å². The first-order valence-corrected chi connectivity index (χ1v) is 8.99. The predicted octanol–water partition coefficient (Wildman–Crippen LogP) is 2.86. The number of aryl methyl sites for hydroxylation is 1. The van der Waals surface area contributed by atoms with Crippen molar-refractivity contribution >= 4 is 5.82 Å². The third-order valence-corrected chi connectivity index (χ3v) is 4.55. The minimum atomic E-state index is 0.396. The van der Waals surface area contributed by atoms with Gasteiger partial charge in [-0.05, 0) is 33.0 Å². The Labute approximate surface area is 150 Å². The molecular formula is C20H28N4O. The van der Waals surface area contributed by atoms with E-state index in [-0.39, 0.29) is 0 Å². The molecule has 1 atom stereocenters. The lowest BCUT2D eigenvalue weighted by Gasteiger charge is -2.26. The summed E-state index contributed by atoms with van der Waals surface area (Å²) in [5.41, 5.74) is 2.41. The van der Waals surface area contributed by atoms with Crippen LogP contribution in [0, 0.1) is 6.92 Å². The van der Waals surface area contributed by atoms with E-state index in [0.717, 1.165) is 56.6 Å². The first kappa shape index (κ1) is 17.8. The molecule has 0 spiro atoms. The Kier molecular flexibility index (Phi) is 6.00. The average molecular weight is 340 g/mol. The first-order chi connectivity index (χ1) is 12.1. The zero-order valence-electron chi connectivity index (χ0n) is 15.5. The predicted molar refractivity (Wildman–Crippen MR) is 101 cm³/mol. The molecule has 0 amide bonds. The number of ether oxygens (including phenoxy) is 1. The van der Waals surface area contributed by atoms with E-state index in [9.17, 15) is 0 Å². The van der Waals surface area contributed by atoms with E-state index in [1.165, 1.54) is 5.56 Å². The fourth-order valence-electron chi connectivity index (χ4n) is 3.11. The minimum absolute atomic E-state index is 0.396. The highest BCUT2D eigenvalue weighted by Gasteiger charge is 2.21. The molecule has 2 aromatic rings. The highest BCUT2D eigenvalue weighted by Crippen LogP contribution is 2.26. The fraction of sp³-hybridized carbons (Fsp3) is 0.500. The highest BCUT2D eigenvalue weighted by atomic mass is 16.5. The van der Waals surface area contributed by atoms with Gasteiger partial charge in [-0.2, -0.15) is 0 Å². The van der Waals surface area contributed by atoms with Crippen LogP contribution in [0.1, 0.15) is 29.4 Å². The first-order valence-electron chi connectivity index (χ1n) is 8.99. The molecule has 3 rings (SSSR count). The molecule has 1 aliphatic heterocycles. The monoisotopic (exact) mass is 340 g/mol. The third-order valence-electron chi connectivity index (χ3n) is 4.55. The average Bonchev–Trinajstić information content (AvgIpc) is 3.13. The molecule has 134 valence electrons. The summed E-state index contributed by atoms with van der Waals surface area (Å²) in [5, 5.41) is 0. The van der Waals surface area contributed by atoms with Gasteiger partial charge in [-0.1, -0.05) is 30.3 Å². The van der Waals surface area contributed by atoms with Crippen molar-refractivity contribution in [3.05, 3.63) is 53.5 Å². The Morgan fingerprint density at radius 2 is 1.92 bits per heavy atom. The van der Waals surface area contributed by atoms with Gasteiger partial charge in [0.25, 0.3) is 0 Å². The molecule has 25 heavy (non-hydrogen) atoms. The third kappa shape index (κ3) is 5.00. The standard InChI is InChI=1S/C20H28N4O/c1-16-21-19(18-9-12-25-15-18)13-20(22-16)24(11-10-23(2)3)14-17-7-5-4-6-8-17/h4-8,13,18H,9-12,14-15H2,1-3H3/t18-/m1/s1.